The summed E-state index contributed by atoms with van der Waals surface area (Å²) in [7, 11) is 0. The van der Waals surface area contributed by atoms with Crippen molar-refractivity contribution in [2.75, 3.05) is 18.0 Å². The second-order valence-electron chi connectivity index (χ2n) is 7.00. The van der Waals surface area contributed by atoms with Gasteiger partial charge in [-0.15, -0.1) is 0 Å². The molecule has 0 spiro atoms. The summed E-state index contributed by atoms with van der Waals surface area (Å²) in [6, 6.07) is 6.39. The average molecular weight is 336 g/mol. The number of hydrogen-bond acceptors (Lipinski definition) is 4. The zero-order chi connectivity index (χ0) is 17.4. The Labute approximate surface area is 147 Å². The number of fused-ring (bicyclic) bond motifs is 1. The maximum Gasteiger partial charge on any atom is 0.135 e. The number of benzene rings is 1. The number of aromatic nitrogens is 3. The number of aliphatic hydroxyl groups excluding tert-OH is 1. The third-order valence-electron chi connectivity index (χ3n) is 5.36. The highest BCUT2D eigenvalue weighted by atomic mass is 16.3. The molecule has 2 aromatic heterocycles. The van der Waals surface area contributed by atoms with Crippen molar-refractivity contribution >= 4 is 16.6 Å². The Morgan fingerprint density at radius 2 is 1.96 bits per heavy atom. The number of nitrogens with one attached hydrogen (secondary N) is 1. The third-order valence-corrected chi connectivity index (χ3v) is 5.36. The predicted molar refractivity (Wildman–Crippen MR) is 99.7 cm³/mol. The number of aryl methyl sites for hydroxylation is 2. The molecule has 130 valence electrons. The predicted octanol–water partition coefficient (Wildman–Crippen LogP) is 3.52. The van der Waals surface area contributed by atoms with Gasteiger partial charge < -0.3 is 15.0 Å². The highest BCUT2D eigenvalue weighted by Gasteiger charge is 2.28. The van der Waals surface area contributed by atoms with E-state index in [1.807, 2.05) is 6.20 Å². The molecule has 1 unspecified atom stereocenters. The fourth-order valence-corrected chi connectivity index (χ4v) is 3.98. The van der Waals surface area contributed by atoms with Crippen molar-refractivity contribution in [3.63, 3.8) is 0 Å². The number of imidazole rings is 1. The van der Waals surface area contributed by atoms with Gasteiger partial charge in [-0.2, -0.15) is 0 Å². The smallest absolute Gasteiger partial charge is 0.135 e. The fraction of sp³-hybridized carbons (Fsp3) is 0.400. The summed E-state index contributed by atoms with van der Waals surface area (Å²) in [6.07, 6.45) is 6.85. The van der Waals surface area contributed by atoms with Crippen LogP contribution in [0.15, 0.2) is 36.8 Å². The summed E-state index contributed by atoms with van der Waals surface area (Å²) in [5.74, 6) is 0.928. The number of H-pyrrole nitrogens is 1. The Hall–Kier alpha value is -2.40. The van der Waals surface area contributed by atoms with Crippen molar-refractivity contribution in [1.29, 1.82) is 0 Å². The van der Waals surface area contributed by atoms with Gasteiger partial charge in [0.15, 0.2) is 0 Å². The molecule has 3 aromatic rings. The molecule has 1 aromatic carbocycles. The van der Waals surface area contributed by atoms with E-state index < -0.39 is 6.10 Å². The maximum atomic E-state index is 10.5. The molecule has 3 heterocycles. The number of nitrogens with zero attached hydrogens (tertiary/aromatic N) is 3. The Balaban J connectivity index is 1.58. The molecule has 0 radical (unpaired) electrons. The van der Waals surface area contributed by atoms with E-state index in [1.54, 1.807) is 12.4 Å². The van der Waals surface area contributed by atoms with E-state index in [9.17, 15) is 5.11 Å². The van der Waals surface area contributed by atoms with Gasteiger partial charge >= 0.3 is 0 Å². The van der Waals surface area contributed by atoms with E-state index in [2.05, 4.69) is 51.9 Å². The van der Waals surface area contributed by atoms with Gasteiger partial charge in [0.1, 0.15) is 11.9 Å². The number of hydrogen-bond donors (Lipinski definition) is 2. The van der Waals surface area contributed by atoms with Gasteiger partial charge in [0.25, 0.3) is 0 Å². The highest BCUT2D eigenvalue weighted by molar-refractivity contribution is 5.94. The summed E-state index contributed by atoms with van der Waals surface area (Å²) >= 11 is 0. The van der Waals surface area contributed by atoms with Gasteiger partial charge in [-0.25, -0.2) is 4.98 Å². The van der Waals surface area contributed by atoms with Crippen LogP contribution in [-0.2, 0) is 0 Å². The minimum Gasteiger partial charge on any atom is -0.385 e. The number of para-hydroxylation sites is 1. The number of pyridine rings is 1. The number of piperidine rings is 1. The van der Waals surface area contributed by atoms with Crippen LogP contribution in [0, 0.1) is 19.8 Å². The first-order chi connectivity index (χ1) is 12.1. The third kappa shape index (κ3) is 2.89. The molecule has 25 heavy (non-hydrogen) atoms. The monoisotopic (exact) mass is 336 g/mol. The van der Waals surface area contributed by atoms with Crippen LogP contribution in [0.1, 0.15) is 35.9 Å². The Morgan fingerprint density at radius 3 is 2.68 bits per heavy atom. The summed E-state index contributed by atoms with van der Waals surface area (Å²) in [6.45, 7) is 6.13. The first-order valence-corrected chi connectivity index (χ1v) is 8.92. The van der Waals surface area contributed by atoms with Crippen molar-refractivity contribution in [2.24, 2.45) is 5.92 Å². The van der Waals surface area contributed by atoms with Crippen LogP contribution in [-0.4, -0.2) is 33.1 Å². The van der Waals surface area contributed by atoms with E-state index in [0.717, 1.165) is 31.4 Å². The van der Waals surface area contributed by atoms with Gasteiger partial charge in [0.2, 0.25) is 0 Å². The fourth-order valence-electron chi connectivity index (χ4n) is 3.98. The Bertz CT molecular complexity index is 867. The molecule has 2 N–H and O–H groups in total. The zero-order valence-electron chi connectivity index (χ0n) is 14.7. The second-order valence-corrected chi connectivity index (χ2v) is 7.00. The first kappa shape index (κ1) is 16.1. The minimum absolute atomic E-state index is 0.248. The quantitative estimate of drug-likeness (QED) is 0.768. The second kappa shape index (κ2) is 6.48. The van der Waals surface area contributed by atoms with Crippen molar-refractivity contribution in [2.45, 2.75) is 32.8 Å². The SMILES string of the molecule is Cc1cnc2c(C)cccc2c1N1CCC(C(O)c2ncc[nH]2)CC1. The molecule has 5 nitrogen and oxygen atoms in total. The van der Waals surface area contributed by atoms with Crippen LogP contribution in [0.25, 0.3) is 10.9 Å². The molecule has 0 aliphatic carbocycles. The average Bonchev–Trinajstić information content (AvgIpc) is 3.16. The van der Waals surface area contributed by atoms with Crippen molar-refractivity contribution in [1.82, 2.24) is 15.0 Å². The molecule has 0 bridgehead atoms. The number of anilines is 1. The van der Waals surface area contributed by atoms with Gasteiger partial charge in [-0.05, 0) is 43.7 Å². The maximum absolute atomic E-state index is 10.5. The van der Waals surface area contributed by atoms with E-state index >= 15 is 0 Å². The van der Waals surface area contributed by atoms with Crippen LogP contribution in [0.2, 0.25) is 0 Å². The molecule has 4 rings (SSSR count). The Kier molecular flexibility index (Phi) is 4.17. The summed E-state index contributed by atoms with van der Waals surface area (Å²) in [5, 5.41) is 11.8. The molecular weight excluding hydrogens is 312 g/mol. The van der Waals surface area contributed by atoms with Crippen molar-refractivity contribution in [3.8, 4) is 0 Å². The standard InChI is InChI=1S/C20H24N4O/c1-13-4-3-5-16-17(13)23-12-14(2)18(16)24-10-6-15(7-11-24)19(25)20-21-8-9-22-20/h3-5,8-9,12,15,19,25H,6-7,10-11H2,1-2H3,(H,21,22). The summed E-state index contributed by atoms with van der Waals surface area (Å²) < 4.78 is 0. The normalized spacial score (nSPS) is 17.2. The largest absolute Gasteiger partial charge is 0.385 e. The lowest BCUT2D eigenvalue weighted by Crippen LogP contribution is -2.36. The molecule has 1 atom stereocenters. The van der Waals surface area contributed by atoms with Crippen LogP contribution in [0.3, 0.4) is 0 Å². The molecule has 1 fully saturated rings. The topological polar surface area (TPSA) is 65.0 Å². The van der Waals surface area contributed by atoms with E-state index in [0.29, 0.717) is 5.82 Å². The van der Waals surface area contributed by atoms with E-state index in [4.69, 9.17) is 0 Å². The van der Waals surface area contributed by atoms with Gasteiger partial charge in [0, 0.05) is 37.1 Å². The first-order valence-electron chi connectivity index (χ1n) is 8.92. The highest BCUT2D eigenvalue weighted by Crippen LogP contribution is 2.35. The Morgan fingerprint density at radius 1 is 1.16 bits per heavy atom. The van der Waals surface area contributed by atoms with Gasteiger partial charge in [-0.3, -0.25) is 4.98 Å². The van der Waals surface area contributed by atoms with Crippen LogP contribution in [0.5, 0.6) is 0 Å². The van der Waals surface area contributed by atoms with E-state index in [1.165, 1.54) is 22.2 Å². The molecular formula is C20H24N4O. The van der Waals surface area contributed by atoms with Gasteiger partial charge in [0.05, 0.1) is 11.2 Å². The minimum atomic E-state index is -0.505. The molecule has 5 heteroatoms. The van der Waals surface area contributed by atoms with Crippen LogP contribution in [0.4, 0.5) is 5.69 Å². The molecule has 1 aliphatic heterocycles. The molecule has 0 saturated carbocycles. The van der Waals surface area contributed by atoms with Crippen LogP contribution < -0.4 is 4.90 Å². The number of aromatic amines is 1. The number of rotatable bonds is 3. The zero-order valence-corrected chi connectivity index (χ0v) is 14.7. The molecule has 1 saturated heterocycles. The lowest BCUT2D eigenvalue weighted by atomic mass is 9.90. The lowest BCUT2D eigenvalue weighted by Gasteiger charge is -2.36. The van der Waals surface area contributed by atoms with Crippen LogP contribution >= 0.6 is 0 Å². The van der Waals surface area contributed by atoms with Crippen molar-refractivity contribution in [3.05, 3.63) is 53.7 Å². The van der Waals surface area contributed by atoms with Gasteiger partial charge in [-0.1, -0.05) is 18.2 Å². The summed E-state index contributed by atoms with van der Waals surface area (Å²) in [5.41, 5.74) is 4.80. The lowest BCUT2D eigenvalue weighted by molar-refractivity contribution is 0.0857. The van der Waals surface area contributed by atoms with Crippen molar-refractivity contribution < 1.29 is 5.11 Å². The van der Waals surface area contributed by atoms with E-state index in [-0.39, 0.29) is 5.92 Å². The molecule has 0 amide bonds. The number of aliphatic hydroxyl groups is 1. The summed E-state index contributed by atoms with van der Waals surface area (Å²) in [4.78, 5) is 14.3. The molecule has 1 aliphatic rings.